The SMILES string of the molecule is CCn1nccc1S(=O)(=O)N1CCC(CN)C1. The smallest absolute Gasteiger partial charge is 0.260 e. The van der Waals surface area contributed by atoms with Crippen LogP contribution in [0.25, 0.3) is 0 Å². The fourth-order valence-electron chi connectivity index (χ4n) is 2.12. The van der Waals surface area contributed by atoms with Crippen molar-refractivity contribution in [2.24, 2.45) is 11.7 Å². The largest absolute Gasteiger partial charge is 0.330 e. The molecule has 0 spiro atoms. The molecule has 0 saturated carbocycles. The molecule has 0 aromatic carbocycles. The Hall–Kier alpha value is -0.920. The van der Waals surface area contributed by atoms with Crippen LogP contribution >= 0.6 is 0 Å². The molecule has 1 aromatic heterocycles. The normalized spacial score (nSPS) is 22.1. The second-order valence-electron chi connectivity index (χ2n) is 4.24. The van der Waals surface area contributed by atoms with Crippen molar-refractivity contribution in [3.8, 4) is 0 Å². The summed E-state index contributed by atoms with van der Waals surface area (Å²) in [7, 11) is -3.40. The van der Waals surface area contributed by atoms with Crippen molar-refractivity contribution in [1.29, 1.82) is 0 Å². The Balaban J connectivity index is 2.26. The Morgan fingerprint density at radius 3 is 2.94 bits per heavy atom. The molecule has 2 heterocycles. The average Bonchev–Trinajstić information content (AvgIpc) is 2.97. The van der Waals surface area contributed by atoms with Crippen molar-refractivity contribution in [3.63, 3.8) is 0 Å². The summed E-state index contributed by atoms with van der Waals surface area (Å²) in [4.78, 5) is 0. The Morgan fingerprint density at radius 1 is 1.59 bits per heavy atom. The van der Waals surface area contributed by atoms with E-state index < -0.39 is 10.0 Å². The van der Waals surface area contributed by atoms with Crippen LogP contribution in [-0.4, -0.2) is 42.1 Å². The summed E-state index contributed by atoms with van der Waals surface area (Å²) in [5, 5.41) is 4.27. The Labute approximate surface area is 101 Å². The van der Waals surface area contributed by atoms with Crippen molar-refractivity contribution >= 4 is 10.0 Å². The molecule has 1 aromatic rings. The Bertz CT molecular complexity index is 482. The quantitative estimate of drug-likeness (QED) is 0.816. The summed E-state index contributed by atoms with van der Waals surface area (Å²) < 4.78 is 27.7. The van der Waals surface area contributed by atoms with Gasteiger partial charge in [0, 0.05) is 19.6 Å². The van der Waals surface area contributed by atoms with Gasteiger partial charge in [0.25, 0.3) is 10.0 Å². The second-order valence-corrected chi connectivity index (χ2v) is 6.12. The highest BCUT2D eigenvalue weighted by atomic mass is 32.2. The summed E-state index contributed by atoms with van der Waals surface area (Å²) in [5.74, 6) is 0.280. The molecule has 1 atom stereocenters. The third kappa shape index (κ3) is 2.22. The number of aryl methyl sites for hydroxylation is 1. The maximum atomic E-state index is 12.4. The molecule has 6 nitrogen and oxygen atoms in total. The fraction of sp³-hybridized carbons (Fsp3) is 0.700. The van der Waals surface area contributed by atoms with Crippen molar-refractivity contribution in [1.82, 2.24) is 14.1 Å². The zero-order valence-corrected chi connectivity index (χ0v) is 10.7. The number of sulfonamides is 1. The van der Waals surface area contributed by atoms with Crippen molar-refractivity contribution in [3.05, 3.63) is 12.3 Å². The van der Waals surface area contributed by atoms with Crippen LogP contribution in [0.15, 0.2) is 17.3 Å². The topological polar surface area (TPSA) is 81.2 Å². The van der Waals surface area contributed by atoms with E-state index in [9.17, 15) is 8.42 Å². The highest BCUT2D eigenvalue weighted by Gasteiger charge is 2.33. The minimum atomic E-state index is -3.40. The van der Waals surface area contributed by atoms with E-state index >= 15 is 0 Å². The van der Waals surface area contributed by atoms with Gasteiger partial charge < -0.3 is 5.73 Å². The molecule has 2 N–H and O–H groups in total. The minimum Gasteiger partial charge on any atom is -0.330 e. The minimum absolute atomic E-state index is 0.276. The molecule has 0 radical (unpaired) electrons. The van der Waals surface area contributed by atoms with Crippen LogP contribution in [0.2, 0.25) is 0 Å². The highest BCUT2D eigenvalue weighted by molar-refractivity contribution is 7.89. The molecule has 96 valence electrons. The number of aromatic nitrogens is 2. The first-order chi connectivity index (χ1) is 8.09. The van der Waals surface area contributed by atoms with Crippen molar-refractivity contribution < 1.29 is 8.42 Å². The maximum Gasteiger partial charge on any atom is 0.260 e. The van der Waals surface area contributed by atoms with Gasteiger partial charge in [0.2, 0.25) is 0 Å². The van der Waals surface area contributed by atoms with E-state index in [4.69, 9.17) is 5.73 Å². The molecule has 1 aliphatic heterocycles. The molecule has 2 rings (SSSR count). The molecule has 1 aliphatic rings. The second kappa shape index (κ2) is 4.75. The highest BCUT2D eigenvalue weighted by Crippen LogP contribution is 2.23. The van der Waals surface area contributed by atoms with Gasteiger partial charge in [-0.1, -0.05) is 0 Å². The van der Waals surface area contributed by atoms with E-state index in [1.807, 2.05) is 6.92 Å². The fourth-order valence-corrected chi connectivity index (χ4v) is 3.81. The van der Waals surface area contributed by atoms with E-state index in [1.165, 1.54) is 15.2 Å². The molecular weight excluding hydrogens is 240 g/mol. The van der Waals surface area contributed by atoms with E-state index in [0.717, 1.165) is 6.42 Å². The van der Waals surface area contributed by atoms with Gasteiger partial charge in [0.1, 0.15) is 0 Å². The monoisotopic (exact) mass is 258 g/mol. The molecule has 1 saturated heterocycles. The lowest BCUT2D eigenvalue weighted by Crippen LogP contribution is -2.31. The van der Waals surface area contributed by atoms with Gasteiger partial charge in [-0.2, -0.15) is 9.40 Å². The van der Waals surface area contributed by atoms with Crippen molar-refractivity contribution in [2.45, 2.75) is 24.9 Å². The first-order valence-electron chi connectivity index (χ1n) is 5.81. The van der Waals surface area contributed by atoms with Crippen LogP contribution < -0.4 is 5.73 Å². The van der Waals surface area contributed by atoms with Crippen LogP contribution in [-0.2, 0) is 16.6 Å². The molecule has 17 heavy (non-hydrogen) atoms. The molecule has 1 fully saturated rings. The predicted molar refractivity (Wildman–Crippen MR) is 63.8 cm³/mol. The number of hydrogen-bond acceptors (Lipinski definition) is 4. The third-order valence-electron chi connectivity index (χ3n) is 3.16. The van der Waals surface area contributed by atoms with E-state index in [0.29, 0.717) is 26.2 Å². The number of nitrogens with zero attached hydrogens (tertiary/aromatic N) is 3. The Morgan fingerprint density at radius 2 is 2.35 bits per heavy atom. The molecular formula is C10H18N4O2S. The van der Waals surface area contributed by atoms with Crippen LogP contribution in [0, 0.1) is 5.92 Å². The van der Waals surface area contributed by atoms with Crippen LogP contribution in [0.3, 0.4) is 0 Å². The summed E-state index contributed by atoms with van der Waals surface area (Å²) in [6.07, 6.45) is 2.36. The van der Waals surface area contributed by atoms with E-state index in [2.05, 4.69) is 5.10 Å². The standard InChI is InChI=1S/C10H18N4O2S/c1-2-14-10(3-5-12-14)17(15,16)13-6-4-9(7-11)8-13/h3,5,9H,2,4,6-8,11H2,1H3. The van der Waals surface area contributed by atoms with Gasteiger partial charge in [-0.25, -0.2) is 8.42 Å². The van der Waals surface area contributed by atoms with Crippen molar-refractivity contribution in [2.75, 3.05) is 19.6 Å². The van der Waals surface area contributed by atoms with Gasteiger partial charge in [0.05, 0.1) is 6.20 Å². The first kappa shape index (κ1) is 12.5. The van der Waals surface area contributed by atoms with Gasteiger partial charge in [-0.05, 0) is 31.9 Å². The lowest BCUT2D eigenvalue weighted by atomic mass is 10.1. The van der Waals surface area contributed by atoms with E-state index in [1.54, 1.807) is 6.07 Å². The maximum absolute atomic E-state index is 12.4. The molecule has 0 bridgehead atoms. The molecule has 0 aliphatic carbocycles. The molecule has 7 heteroatoms. The average molecular weight is 258 g/mol. The lowest BCUT2D eigenvalue weighted by molar-refractivity contribution is 0.447. The predicted octanol–water partition coefficient (Wildman–Crippen LogP) is -0.128. The molecule has 1 unspecified atom stereocenters. The first-order valence-corrected chi connectivity index (χ1v) is 7.25. The van der Waals surface area contributed by atoms with E-state index in [-0.39, 0.29) is 10.9 Å². The van der Waals surface area contributed by atoms with Crippen LogP contribution in [0.1, 0.15) is 13.3 Å². The molecule has 0 amide bonds. The zero-order chi connectivity index (χ0) is 12.5. The number of nitrogens with two attached hydrogens (primary N) is 1. The number of rotatable bonds is 4. The summed E-state index contributed by atoms with van der Waals surface area (Å²) in [5.41, 5.74) is 5.58. The van der Waals surface area contributed by atoms with Gasteiger partial charge in [0.15, 0.2) is 5.03 Å². The summed E-state index contributed by atoms with van der Waals surface area (Å²) >= 11 is 0. The Kier molecular flexibility index (Phi) is 3.50. The van der Waals surface area contributed by atoms with Gasteiger partial charge in [-0.15, -0.1) is 0 Å². The third-order valence-corrected chi connectivity index (χ3v) is 5.05. The lowest BCUT2D eigenvalue weighted by Gasteiger charge is -2.16. The summed E-state index contributed by atoms with van der Waals surface area (Å²) in [6.45, 7) is 4.04. The van der Waals surface area contributed by atoms with Gasteiger partial charge in [-0.3, -0.25) is 4.68 Å². The number of hydrogen-bond donors (Lipinski definition) is 1. The summed E-state index contributed by atoms with van der Waals surface area (Å²) in [6, 6.07) is 1.55. The zero-order valence-electron chi connectivity index (χ0n) is 9.91. The van der Waals surface area contributed by atoms with Crippen LogP contribution in [0.4, 0.5) is 0 Å². The van der Waals surface area contributed by atoms with Gasteiger partial charge >= 0.3 is 0 Å². The van der Waals surface area contributed by atoms with Crippen LogP contribution in [0.5, 0.6) is 0 Å².